The third kappa shape index (κ3) is 16.4. The molecule has 0 unspecified atom stereocenters. The van der Waals surface area contributed by atoms with Crippen molar-refractivity contribution in [2.24, 2.45) is 0 Å². The molecule has 0 spiro atoms. The molecule has 0 aliphatic carbocycles. The van der Waals surface area contributed by atoms with E-state index in [4.69, 9.17) is 20.4 Å². The zero-order valence-electron chi connectivity index (χ0n) is 6.93. The summed E-state index contributed by atoms with van der Waals surface area (Å²) in [7, 11) is 0. The Bertz CT molecular complexity index is 242. The Morgan fingerprint density at radius 3 is 1.11 bits per heavy atom. The summed E-state index contributed by atoms with van der Waals surface area (Å²) in [6.07, 6.45) is -2.29. The number of carbonyl (C=O) groups is 3. The van der Waals surface area contributed by atoms with Gasteiger partial charge in [-0.3, -0.25) is 9.59 Å². The Morgan fingerprint density at radius 1 is 0.778 bits per heavy atom. The zero-order chi connectivity index (χ0) is 10.6. The van der Waals surface area contributed by atoms with Crippen LogP contribution in [0.4, 0.5) is 0 Å². The van der Waals surface area contributed by atoms with E-state index < -0.39 is 36.4 Å². The van der Waals surface area contributed by atoms with Crippen LogP contribution in [-0.2, 0) is 14.4 Å². The van der Waals surface area contributed by atoms with Crippen LogP contribution in [-0.4, -0.2) is 168 Å². The summed E-state index contributed by atoms with van der Waals surface area (Å²) < 4.78 is 0. The second-order valence-corrected chi connectivity index (χ2v) is 2.48. The fourth-order valence-corrected chi connectivity index (χ4v) is 0.714. The minimum atomic E-state index is -2.74. The van der Waals surface area contributed by atoms with Crippen molar-refractivity contribution >= 4 is 136 Å². The van der Waals surface area contributed by atoms with E-state index >= 15 is 0 Å². The molecule has 0 saturated carbocycles. The van der Waals surface area contributed by atoms with Crippen LogP contribution in [0.5, 0.6) is 0 Å². The Kier molecular flexibility index (Phi) is 35.7. The van der Waals surface area contributed by atoms with Gasteiger partial charge in [-0.15, -0.1) is 0 Å². The maximum absolute atomic E-state index is 10.3. The van der Waals surface area contributed by atoms with Gasteiger partial charge in [-0.05, 0) is 0 Å². The summed E-state index contributed by atoms with van der Waals surface area (Å²) in [6, 6.07) is 0. The number of carboxylic acid groups (broad SMARTS) is 3. The second kappa shape index (κ2) is 17.4. The van der Waals surface area contributed by atoms with Gasteiger partial charge in [0.1, 0.15) is 0 Å². The first kappa shape index (κ1) is 37.0. The summed E-state index contributed by atoms with van der Waals surface area (Å²) in [4.78, 5) is 30.5. The first-order chi connectivity index (χ1) is 5.78. The Hall–Kier alpha value is 2.33. The van der Waals surface area contributed by atoms with Gasteiger partial charge in [0.25, 0.3) is 0 Å². The molecule has 0 rings (SSSR count). The quantitative estimate of drug-likeness (QED) is 0.371. The molecule has 0 aliphatic heterocycles. The molecule has 6 N–H and O–H groups in total. The molecule has 0 amide bonds. The number of aliphatic hydroxyl groups is 1. The van der Waals surface area contributed by atoms with Crippen molar-refractivity contribution in [3.8, 4) is 0 Å². The van der Waals surface area contributed by atoms with Gasteiger partial charge >= 0.3 is 136 Å². The van der Waals surface area contributed by atoms with E-state index in [1.165, 1.54) is 0 Å². The predicted octanol–water partition coefficient (Wildman–Crippen LogP) is -4.67. The molecule has 0 saturated heterocycles. The standard InChI is InChI=1S/C6H8O7.4Na.H2O.4H/c7-3(8)1-6(13,5(11)12)2-4(9)10;;;;;;;;;/h13H,1-2H2,(H,7,8)(H,9,10)(H,11,12);;;;;1H2;;;;. The van der Waals surface area contributed by atoms with Crippen LogP contribution in [0, 0.1) is 0 Å². The van der Waals surface area contributed by atoms with Crippen LogP contribution in [0.3, 0.4) is 0 Å². The molecule has 0 aromatic heterocycles. The summed E-state index contributed by atoms with van der Waals surface area (Å²) in [6.45, 7) is 0. The number of hydrogen-bond donors (Lipinski definition) is 4. The molecule has 18 heavy (non-hydrogen) atoms. The van der Waals surface area contributed by atoms with Crippen LogP contribution in [0.1, 0.15) is 12.8 Å². The topological polar surface area (TPSA) is 164 Å². The first-order valence-corrected chi connectivity index (χ1v) is 3.17. The van der Waals surface area contributed by atoms with Crippen LogP contribution < -0.4 is 0 Å². The van der Waals surface area contributed by atoms with Crippen molar-refractivity contribution in [1.29, 1.82) is 0 Å². The number of aliphatic carboxylic acids is 3. The fraction of sp³-hybridized carbons (Fsp3) is 0.500. The molecule has 0 aromatic rings. The molecule has 0 fully saturated rings. The molecular formula is C6H14Na4O8. The van der Waals surface area contributed by atoms with Gasteiger partial charge in [0.15, 0.2) is 5.60 Å². The van der Waals surface area contributed by atoms with Crippen LogP contribution in [0.2, 0.25) is 0 Å². The average Bonchev–Trinajstić information content (AvgIpc) is 1.82. The van der Waals surface area contributed by atoms with E-state index in [-0.39, 0.29) is 124 Å². The van der Waals surface area contributed by atoms with Gasteiger partial charge in [-0.2, -0.15) is 0 Å². The molecule has 0 radical (unpaired) electrons. The van der Waals surface area contributed by atoms with Crippen LogP contribution in [0.15, 0.2) is 0 Å². The Labute approximate surface area is 191 Å². The molecule has 8 nitrogen and oxygen atoms in total. The third-order valence-electron chi connectivity index (χ3n) is 1.29. The average molecular weight is 306 g/mol. The van der Waals surface area contributed by atoms with E-state index in [1.807, 2.05) is 0 Å². The van der Waals surface area contributed by atoms with Crippen molar-refractivity contribution in [1.82, 2.24) is 0 Å². The van der Waals surface area contributed by atoms with Gasteiger partial charge < -0.3 is 25.9 Å². The van der Waals surface area contributed by atoms with Crippen molar-refractivity contribution in [2.75, 3.05) is 0 Å². The number of carboxylic acids is 3. The molecule has 90 valence electrons. The monoisotopic (exact) mass is 306 g/mol. The van der Waals surface area contributed by atoms with Crippen molar-refractivity contribution < 1.29 is 40.3 Å². The Morgan fingerprint density at radius 2 is 1.00 bits per heavy atom. The SMILES string of the molecule is O.O=C(O)CC(O)(CC(=O)O)C(=O)O.[NaH].[NaH].[NaH].[NaH]. The molecule has 0 atom stereocenters. The predicted molar refractivity (Wildman–Crippen MR) is 69.3 cm³/mol. The fourth-order valence-electron chi connectivity index (χ4n) is 0.714. The van der Waals surface area contributed by atoms with E-state index in [1.54, 1.807) is 0 Å². The minimum absolute atomic E-state index is 0. The summed E-state index contributed by atoms with van der Waals surface area (Å²) >= 11 is 0. The van der Waals surface area contributed by atoms with Gasteiger partial charge in [0.2, 0.25) is 0 Å². The van der Waals surface area contributed by atoms with Gasteiger partial charge in [-0.25, -0.2) is 4.79 Å². The van der Waals surface area contributed by atoms with Crippen LogP contribution in [0.25, 0.3) is 0 Å². The molecular weight excluding hydrogens is 292 g/mol. The first-order valence-electron chi connectivity index (χ1n) is 3.17. The summed E-state index contributed by atoms with van der Waals surface area (Å²) in [5, 5.41) is 33.8. The number of hydrogen-bond acceptors (Lipinski definition) is 4. The molecule has 0 heterocycles. The van der Waals surface area contributed by atoms with Crippen molar-refractivity contribution in [2.45, 2.75) is 18.4 Å². The molecule has 12 heteroatoms. The van der Waals surface area contributed by atoms with Crippen molar-refractivity contribution in [3.05, 3.63) is 0 Å². The van der Waals surface area contributed by atoms with E-state index in [2.05, 4.69) is 0 Å². The second-order valence-electron chi connectivity index (χ2n) is 2.48. The zero-order valence-corrected chi connectivity index (χ0v) is 6.93. The van der Waals surface area contributed by atoms with E-state index in [0.717, 1.165) is 0 Å². The van der Waals surface area contributed by atoms with Crippen LogP contribution >= 0.6 is 0 Å². The summed E-state index contributed by atoms with van der Waals surface area (Å²) in [5.74, 6) is -5.02. The Balaban J connectivity index is -0.0000000720. The van der Waals surface area contributed by atoms with E-state index in [9.17, 15) is 14.4 Å². The van der Waals surface area contributed by atoms with Gasteiger partial charge in [0, 0.05) is 0 Å². The van der Waals surface area contributed by atoms with Crippen molar-refractivity contribution in [3.63, 3.8) is 0 Å². The van der Waals surface area contributed by atoms with E-state index in [0.29, 0.717) is 0 Å². The van der Waals surface area contributed by atoms with Gasteiger partial charge in [-0.1, -0.05) is 0 Å². The summed E-state index contributed by atoms with van der Waals surface area (Å²) in [5.41, 5.74) is -2.74. The molecule has 0 bridgehead atoms. The number of rotatable bonds is 5. The molecule has 0 aliphatic rings. The molecule has 0 aromatic carbocycles. The van der Waals surface area contributed by atoms with Gasteiger partial charge in [0.05, 0.1) is 12.8 Å². The maximum atomic E-state index is 10.3. The normalized spacial score (nSPS) is 7.83. The third-order valence-corrected chi connectivity index (χ3v) is 1.29.